The fourth-order valence-electron chi connectivity index (χ4n) is 8.90. The fourth-order valence-corrected chi connectivity index (χ4v) is 8.90. The molecule has 2 nitrogen and oxygen atoms in total. The van der Waals surface area contributed by atoms with Crippen LogP contribution in [0.15, 0.2) is 218 Å². The van der Waals surface area contributed by atoms with Crippen molar-refractivity contribution < 1.29 is 0 Å². The minimum absolute atomic E-state index is 1.09. The number of rotatable bonds is 6. The number of fused-ring (bicyclic) bond motifs is 9. The van der Waals surface area contributed by atoms with Gasteiger partial charge in [-0.05, 0) is 104 Å². The number of benzene rings is 10. The van der Waals surface area contributed by atoms with Crippen LogP contribution in [0.1, 0.15) is 0 Å². The molecule has 0 spiro atoms. The Morgan fingerprint density at radius 1 is 0.268 bits per heavy atom. The van der Waals surface area contributed by atoms with E-state index in [1.54, 1.807) is 0 Å². The molecule has 0 bridgehead atoms. The zero-order chi connectivity index (χ0) is 37.0. The number of para-hydroxylation sites is 4. The zero-order valence-electron chi connectivity index (χ0n) is 30.7. The minimum atomic E-state index is 1.09. The molecule has 0 radical (unpaired) electrons. The lowest BCUT2D eigenvalue weighted by Crippen LogP contribution is -2.10. The molecule has 11 aromatic rings. The molecule has 10 aromatic carbocycles. The first kappa shape index (κ1) is 32.0. The van der Waals surface area contributed by atoms with E-state index in [2.05, 4.69) is 228 Å². The molecule has 0 N–H and O–H groups in total. The summed E-state index contributed by atoms with van der Waals surface area (Å²) in [5.74, 6) is 0. The molecule has 0 amide bonds. The van der Waals surface area contributed by atoms with Gasteiger partial charge in [0.2, 0.25) is 0 Å². The summed E-state index contributed by atoms with van der Waals surface area (Å²) in [6.07, 6.45) is 0. The van der Waals surface area contributed by atoms with Crippen molar-refractivity contribution in [1.82, 2.24) is 4.57 Å². The summed E-state index contributed by atoms with van der Waals surface area (Å²) in [6, 6.07) is 79.5. The normalized spacial score (nSPS) is 11.6. The third-order valence-electron chi connectivity index (χ3n) is 11.4. The Balaban J connectivity index is 1.15. The maximum atomic E-state index is 2.43. The Morgan fingerprint density at radius 2 is 0.732 bits per heavy atom. The second kappa shape index (κ2) is 13.2. The summed E-state index contributed by atoms with van der Waals surface area (Å²) in [5.41, 5.74) is 11.6. The van der Waals surface area contributed by atoms with E-state index >= 15 is 0 Å². The lowest BCUT2D eigenvalue weighted by Gasteiger charge is -2.27. The van der Waals surface area contributed by atoms with E-state index in [0.29, 0.717) is 0 Å². The molecule has 0 saturated heterocycles. The Hall–Kier alpha value is -7.42. The third-order valence-corrected chi connectivity index (χ3v) is 11.4. The second-order valence-corrected chi connectivity index (χ2v) is 14.5. The van der Waals surface area contributed by atoms with Gasteiger partial charge in [-0.25, -0.2) is 0 Å². The van der Waals surface area contributed by atoms with Crippen LogP contribution in [0.2, 0.25) is 0 Å². The molecule has 11 rings (SSSR count). The molecule has 0 aliphatic heterocycles. The molecule has 0 atom stereocenters. The van der Waals surface area contributed by atoms with Gasteiger partial charge in [0.05, 0.1) is 16.7 Å². The molecule has 1 heterocycles. The lowest BCUT2D eigenvalue weighted by atomic mass is 9.92. The first-order valence-electron chi connectivity index (χ1n) is 19.3. The van der Waals surface area contributed by atoms with Crippen LogP contribution < -0.4 is 4.90 Å². The van der Waals surface area contributed by atoms with E-state index in [-0.39, 0.29) is 0 Å². The van der Waals surface area contributed by atoms with E-state index < -0.39 is 0 Å². The number of aromatic nitrogens is 1. The van der Waals surface area contributed by atoms with Crippen LogP contribution in [-0.4, -0.2) is 4.57 Å². The van der Waals surface area contributed by atoms with Gasteiger partial charge in [-0.2, -0.15) is 0 Å². The summed E-state index contributed by atoms with van der Waals surface area (Å²) in [5, 5.41) is 10.1. The molecular formula is C54H36N2. The monoisotopic (exact) mass is 712 g/mol. The van der Waals surface area contributed by atoms with Crippen LogP contribution in [0.25, 0.3) is 82.1 Å². The van der Waals surface area contributed by atoms with Crippen molar-refractivity contribution in [2.45, 2.75) is 0 Å². The Kier molecular flexibility index (Phi) is 7.53. The Labute approximate surface area is 325 Å². The van der Waals surface area contributed by atoms with Gasteiger partial charge in [-0.3, -0.25) is 0 Å². The maximum absolute atomic E-state index is 2.43. The Morgan fingerprint density at radius 3 is 1.38 bits per heavy atom. The predicted molar refractivity (Wildman–Crippen MR) is 239 cm³/mol. The summed E-state index contributed by atoms with van der Waals surface area (Å²) in [6.45, 7) is 0. The first-order chi connectivity index (χ1) is 27.8. The fraction of sp³-hybridized carbons (Fsp3) is 0. The molecular weight excluding hydrogens is 677 g/mol. The molecule has 262 valence electrons. The van der Waals surface area contributed by atoms with E-state index in [0.717, 1.165) is 22.7 Å². The van der Waals surface area contributed by atoms with E-state index in [9.17, 15) is 0 Å². The summed E-state index contributed by atoms with van der Waals surface area (Å²) in [4.78, 5) is 2.40. The second-order valence-electron chi connectivity index (χ2n) is 14.5. The average molecular weight is 713 g/mol. The minimum Gasteiger partial charge on any atom is -0.310 e. The van der Waals surface area contributed by atoms with Crippen molar-refractivity contribution in [3.05, 3.63) is 218 Å². The molecule has 0 aliphatic carbocycles. The van der Waals surface area contributed by atoms with Gasteiger partial charge in [0.15, 0.2) is 0 Å². The van der Waals surface area contributed by atoms with Gasteiger partial charge in [0.1, 0.15) is 0 Å². The quantitative estimate of drug-likeness (QED) is 0.156. The molecule has 0 saturated carbocycles. The van der Waals surface area contributed by atoms with Crippen LogP contribution in [-0.2, 0) is 0 Å². The van der Waals surface area contributed by atoms with Crippen molar-refractivity contribution in [3.8, 4) is 27.9 Å². The summed E-state index contributed by atoms with van der Waals surface area (Å²) >= 11 is 0. The third kappa shape index (κ3) is 5.11. The highest BCUT2D eigenvalue weighted by Gasteiger charge is 2.21. The molecule has 0 aliphatic rings. The van der Waals surface area contributed by atoms with E-state index in [1.165, 1.54) is 76.4 Å². The van der Waals surface area contributed by atoms with Gasteiger partial charge in [-0.15, -0.1) is 0 Å². The van der Waals surface area contributed by atoms with Crippen molar-refractivity contribution >= 4 is 71.2 Å². The first-order valence-corrected chi connectivity index (χ1v) is 19.3. The van der Waals surface area contributed by atoms with Crippen LogP contribution in [0.5, 0.6) is 0 Å². The molecule has 0 fully saturated rings. The number of anilines is 3. The average Bonchev–Trinajstić information content (AvgIpc) is 3.61. The van der Waals surface area contributed by atoms with Gasteiger partial charge in [0.25, 0.3) is 0 Å². The van der Waals surface area contributed by atoms with Crippen LogP contribution in [0.4, 0.5) is 17.1 Å². The standard InChI is InChI=1S/C54H36N2/c1-3-17-37(18-4-1)50-35-39(32-34-46(50)47-25-11-14-28-52(47)56-53-29-15-12-26-48(53)49-27-13-16-30-54(49)56)55(38-19-5-2-6-20-38)40-31-33-45-43-23-8-7-21-41(43)42-22-9-10-24-44(42)51(45)36-40/h1-36H. The number of hydrogen-bond donors (Lipinski definition) is 0. The zero-order valence-corrected chi connectivity index (χ0v) is 30.7. The van der Waals surface area contributed by atoms with Crippen LogP contribution >= 0.6 is 0 Å². The van der Waals surface area contributed by atoms with E-state index in [1.807, 2.05) is 0 Å². The highest BCUT2D eigenvalue weighted by atomic mass is 15.1. The van der Waals surface area contributed by atoms with Crippen molar-refractivity contribution in [2.24, 2.45) is 0 Å². The van der Waals surface area contributed by atoms with Gasteiger partial charge in [-0.1, -0.05) is 164 Å². The lowest BCUT2D eigenvalue weighted by molar-refractivity contribution is 1.18. The SMILES string of the molecule is c1ccc(-c2cc(N(c3ccccc3)c3ccc4c5ccccc5c5ccccc5c4c3)ccc2-c2ccccc2-n2c3ccccc3c3ccccc32)cc1. The highest BCUT2D eigenvalue weighted by Crippen LogP contribution is 2.45. The summed E-state index contributed by atoms with van der Waals surface area (Å²) in [7, 11) is 0. The molecule has 0 unspecified atom stereocenters. The predicted octanol–water partition coefficient (Wildman–Crippen LogP) is 15.0. The summed E-state index contributed by atoms with van der Waals surface area (Å²) < 4.78 is 2.43. The molecule has 1 aromatic heterocycles. The molecule has 2 heteroatoms. The number of nitrogens with zero attached hydrogens (tertiary/aromatic N) is 2. The maximum Gasteiger partial charge on any atom is 0.0541 e. The van der Waals surface area contributed by atoms with Crippen LogP contribution in [0, 0.1) is 0 Å². The van der Waals surface area contributed by atoms with Crippen molar-refractivity contribution in [1.29, 1.82) is 0 Å². The van der Waals surface area contributed by atoms with Crippen LogP contribution in [0.3, 0.4) is 0 Å². The van der Waals surface area contributed by atoms with E-state index in [4.69, 9.17) is 0 Å². The highest BCUT2D eigenvalue weighted by molar-refractivity contribution is 6.25. The van der Waals surface area contributed by atoms with Gasteiger partial charge >= 0.3 is 0 Å². The van der Waals surface area contributed by atoms with Gasteiger partial charge in [0, 0.05) is 33.4 Å². The topological polar surface area (TPSA) is 8.17 Å². The van der Waals surface area contributed by atoms with Crippen molar-refractivity contribution in [2.75, 3.05) is 4.90 Å². The van der Waals surface area contributed by atoms with Crippen molar-refractivity contribution in [3.63, 3.8) is 0 Å². The smallest absolute Gasteiger partial charge is 0.0541 e. The molecule has 56 heavy (non-hydrogen) atoms. The Bertz CT molecular complexity index is 3160. The largest absolute Gasteiger partial charge is 0.310 e. The van der Waals surface area contributed by atoms with Gasteiger partial charge < -0.3 is 9.47 Å². The number of hydrogen-bond acceptors (Lipinski definition) is 1.